The summed E-state index contributed by atoms with van der Waals surface area (Å²) in [6, 6.07) is 0.569. The number of H-pyrrole nitrogens is 1. The molecule has 20 heavy (non-hydrogen) atoms. The van der Waals surface area contributed by atoms with Crippen LogP contribution in [0.5, 0.6) is 0 Å². The third-order valence-electron chi connectivity index (χ3n) is 4.65. The van der Waals surface area contributed by atoms with Crippen LogP contribution in [0.25, 0.3) is 0 Å². The molecule has 3 aliphatic heterocycles. The van der Waals surface area contributed by atoms with E-state index >= 15 is 0 Å². The Morgan fingerprint density at radius 2 is 2.35 bits per heavy atom. The lowest BCUT2D eigenvalue weighted by molar-refractivity contribution is -0.0543. The Kier molecular flexibility index (Phi) is 3.09. The molecule has 1 aromatic rings. The van der Waals surface area contributed by atoms with Gasteiger partial charge in [-0.05, 0) is 19.4 Å². The molecule has 0 aromatic carbocycles. The first-order valence-corrected chi connectivity index (χ1v) is 7.49. The van der Waals surface area contributed by atoms with Gasteiger partial charge in [-0.1, -0.05) is 0 Å². The minimum absolute atomic E-state index is 0.00987. The zero-order valence-corrected chi connectivity index (χ0v) is 11.5. The van der Waals surface area contributed by atoms with Crippen molar-refractivity contribution in [1.29, 1.82) is 0 Å². The fraction of sp³-hybridized carbons (Fsp3) is 0.714. The molecule has 0 saturated carbocycles. The average Bonchev–Trinajstić information content (AvgIpc) is 2.94. The molecule has 0 radical (unpaired) electrons. The summed E-state index contributed by atoms with van der Waals surface area (Å²) in [5.41, 5.74) is 1.72. The first-order valence-electron chi connectivity index (χ1n) is 7.49. The van der Waals surface area contributed by atoms with Gasteiger partial charge >= 0.3 is 0 Å². The van der Waals surface area contributed by atoms with Crippen LogP contribution in [0.4, 0.5) is 0 Å². The SMILES string of the molecule is O=c1[nH]c(C2CN3CCCC3CO2)nc2c1CNCC2. The van der Waals surface area contributed by atoms with Gasteiger partial charge in [-0.15, -0.1) is 0 Å². The van der Waals surface area contributed by atoms with E-state index < -0.39 is 0 Å². The first-order chi connectivity index (χ1) is 9.81. The second kappa shape index (κ2) is 4.95. The fourth-order valence-corrected chi connectivity index (χ4v) is 3.51. The highest BCUT2D eigenvalue weighted by molar-refractivity contribution is 5.21. The predicted molar refractivity (Wildman–Crippen MR) is 73.6 cm³/mol. The maximum atomic E-state index is 12.2. The van der Waals surface area contributed by atoms with Gasteiger partial charge in [0.2, 0.25) is 0 Å². The van der Waals surface area contributed by atoms with E-state index in [1.54, 1.807) is 0 Å². The lowest BCUT2D eigenvalue weighted by Crippen LogP contribution is -2.43. The quantitative estimate of drug-likeness (QED) is 0.753. The van der Waals surface area contributed by atoms with E-state index in [4.69, 9.17) is 4.74 Å². The van der Waals surface area contributed by atoms with Crippen LogP contribution in [0, 0.1) is 0 Å². The van der Waals surface area contributed by atoms with Crippen LogP contribution in [-0.2, 0) is 17.7 Å². The van der Waals surface area contributed by atoms with Crippen molar-refractivity contribution in [2.75, 3.05) is 26.2 Å². The van der Waals surface area contributed by atoms with Gasteiger partial charge in [0.05, 0.1) is 17.9 Å². The van der Waals surface area contributed by atoms with Gasteiger partial charge in [0, 0.05) is 32.1 Å². The summed E-state index contributed by atoms with van der Waals surface area (Å²) < 4.78 is 5.93. The van der Waals surface area contributed by atoms with Crippen LogP contribution in [0.3, 0.4) is 0 Å². The molecule has 108 valence electrons. The number of nitrogens with zero attached hydrogens (tertiary/aromatic N) is 2. The minimum atomic E-state index is -0.0859. The van der Waals surface area contributed by atoms with Gasteiger partial charge in [-0.25, -0.2) is 4.98 Å². The minimum Gasteiger partial charge on any atom is -0.367 e. The van der Waals surface area contributed by atoms with Gasteiger partial charge in [-0.2, -0.15) is 0 Å². The molecule has 6 heteroatoms. The molecule has 3 aliphatic rings. The van der Waals surface area contributed by atoms with E-state index in [1.807, 2.05) is 0 Å². The van der Waals surface area contributed by atoms with E-state index in [9.17, 15) is 4.79 Å². The first kappa shape index (κ1) is 12.5. The van der Waals surface area contributed by atoms with E-state index in [2.05, 4.69) is 20.2 Å². The lowest BCUT2D eigenvalue weighted by Gasteiger charge is -2.34. The Morgan fingerprint density at radius 1 is 1.40 bits per heavy atom. The third kappa shape index (κ3) is 2.08. The summed E-state index contributed by atoms with van der Waals surface area (Å²) in [5.74, 6) is 0.709. The van der Waals surface area contributed by atoms with Crippen molar-refractivity contribution in [3.05, 3.63) is 27.4 Å². The molecule has 0 bridgehead atoms. The molecule has 0 aliphatic carbocycles. The molecular formula is C14H20N4O2. The molecule has 2 fully saturated rings. The Hall–Kier alpha value is -1.24. The molecule has 2 saturated heterocycles. The number of fused-ring (bicyclic) bond motifs is 2. The molecule has 0 spiro atoms. The average molecular weight is 276 g/mol. The molecule has 4 rings (SSSR count). The highest BCUT2D eigenvalue weighted by Gasteiger charge is 2.34. The van der Waals surface area contributed by atoms with E-state index in [-0.39, 0.29) is 11.7 Å². The lowest BCUT2D eigenvalue weighted by atomic mass is 10.1. The smallest absolute Gasteiger partial charge is 0.255 e. The number of ether oxygens (including phenoxy) is 1. The zero-order chi connectivity index (χ0) is 13.5. The summed E-state index contributed by atoms with van der Waals surface area (Å²) in [5, 5.41) is 3.21. The maximum absolute atomic E-state index is 12.2. The zero-order valence-electron chi connectivity index (χ0n) is 11.5. The molecule has 6 nitrogen and oxygen atoms in total. The van der Waals surface area contributed by atoms with Crippen LogP contribution in [0.1, 0.15) is 36.0 Å². The maximum Gasteiger partial charge on any atom is 0.255 e. The van der Waals surface area contributed by atoms with Gasteiger partial charge in [0.1, 0.15) is 11.9 Å². The van der Waals surface area contributed by atoms with Gasteiger partial charge in [-0.3, -0.25) is 9.69 Å². The van der Waals surface area contributed by atoms with Gasteiger partial charge in [0.15, 0.2) is 0 Å². The number of morpholine rings is 1. The normalized spacial score (nSPS) is 30.0. The number of hydrogen-bond donors (Lipinski definition) is 2. The Balaban J connectivity index is 1.62. The number of aromatic nitrogens is 2. The van der Waals surface area contributed by atoms with Crippen molar-refractivity contribution in [1.82, 2.24) is 20.2 Å². The predicted octanol–water partition coefficient (Wildman–Crippen LogP) is -0.0487. The monoisotopic (exact) mass is 276 g/mol. The summed E-state index contributed by atoms with van der Waals surface area (Å²) in [4.78, 5) is 22.2. The van der Waals surface area contributed by atoms with E-state index in [1.165, 1.54) is 12.8 Å². The van der Waals surface area contributed by atoms with Crippen molar-refractivity contribution >= 4 is 0 Å². The standard InChI is InChI=1S/C14H20N4O2/c19-14-10-6-15-4-3-11(10)16-13(17-14)12-7-18-5-1-2-9(18)8-20-12/h9,12,15H,1-8H2,(H,16,17,19). The number of aromatic amines is 1. The highest BCUT2D eigenvalue weighted by Crippen LogP contribution is 2.28. The van der Waals surface area contributed by atoms with Crippen LogP contribution < -0.4 is 10.9 Å². The van der Waals surface area contributed by atoms with Gasteiger partial charge < -0.3 is 15.0 Å². The molecule has 4 heterocycles. The number of nitrogens with one attached hydrogen (secondary N) is 2. The highest BCUT2D eigenvalue weighted by atomic mass is 16.5. The van der Waals surface area contributed by atoms with Crippen LogP contribution >= 0.6 is 0 Å². The van der Waals surface area contributed by atoms with Crippen molar-refractivity contribution in [3.63, 3.8) is 0 Å². The molecule has 1 aromatic heterocycles. The van der Waals surface area contributed by atoms with Crippen LogP contribution in [0.15, 0.2) is 4.79 Å². The summed E-state index contributed by atoms with van der Waals surface area (Å²) in [7, 11) is 0. The topological polar surface area (TPSA) is 70.2 Å². The third-order valence-corrected chi connectivity index (χ3v) is 4.65. The Bertz CT molecular complexity index is 571. The molecular weight excluding hydrogens is 256 g/mol. The van der Waals surface area contributed by atoms with Crippen molar-refractivity contribution < 1.29 is 4.74 Å². The molecule has 2 atom stereocenters. The van der Waals surface area contributed by atoms with Crippen LogP contribution in [0.2, 0.25) is 0 Å². The second-order valence-corrected chi connectivity index (χ2v) is 5.92. The van der Waals surface area contributed by atoms with E-state index in [0.29, 0.717) is 18.4 Å². The molecule has 2 N–H and O–H groups in total. The van der Waals surface area contributed by atoms with E-state index in [0.717, 1.165) is 43.9 Å². The summed E-state index contributed by atoms with van der Waals surface area (Å²) >= 11 is 0. The van der Waals surface area contributed by atoms with Crippen LogP contribution in [-0.4, -0.2) is 47.2 Å². The Morgan fingerprint density at radius 3 is 3.30 bits per heavy atom. The van der Waals surface area contributed by atoms with Crippen molar-refractivity contribution in [3.8, 4) is 0 Å². The fourth-order valence-electron chi connectivity index (χ4n) is 3.51. The summed E-state index contributed by atoms with van der Waals surface area (Å²) in [6.45, 7) is 4.27. The van der Waals surface area contributed by atoms with Gasteiger partial charge in [0.25, 0.3) is 5.56 Å². The largest absolute Gasteiger partial charge is 0.367 e. The number of hydrogen-bond acceptors (Lipinski definition) is 5. The second-order valence-electron chi connectivity index (χ2n) is 5.92. The molecule has 0 amide bonds. The van der Waals surface area contributed by atoms with Crippen molar-refractivity contribution in [2.45, 2.75) is 38.0 Å². The Labute approximate surface area is 117 Å². The van der Waals surface area contributed by atoms with Crippen molar-refractivity contribution in [2.24, 2.45) is 0 Å². The number of rotatable bonds is 1. The molecule has 2 unspecified atom stereocenters. The summed E-state index contributed by atoms with van der Waals surface area (Å²) in [6.07, 6.45) is 3.22.